The molecule has 1 aromatic carbocycles. The lowest BCUT2D eigenvalue weighted by Gasteiger charge is -2.27. The van der Waals surface area contributed by atoms with E-state index in [0.29, 0.717) is 17.5 Å². The molecule has 1 aliphatic carbocycles. The molecule has 0 amide bonds. The van der Waals surface area contributed by atoms with Gasteiger partial charge in [-0.3, -0.25) is 4.79 Å². The molecule has 1 aromatic rings. The molecule has 1 unspecified atom stereocenters. The molecule has 0 aromatic heterocycles. The van der Waals surface area contributed by atoms with Crippen LogP contribution in [-0.2, 0) is 4.79 Å². The van der Waals surface area contributed by atoms with Gasteiger partial charge in [-0.25, -0.2) is 0 Å². The topological polar surface area (TPSA) is 60.8 Å². The van der Waals surface area contributed by atoms with Gasteiger partial charge in [-0.15, -0.1) is 0 Å². The second-order valence-corrected chi connectivity index (χ2v) is 6.23. The molecule has 4 nitrogen and oxygen atoms in total. The third kappa shape index (κ3) is 5.21. The van der Waals surface area contributed by atoms with Crippen molar-refractivity contribution in [1.29, 1.82) is 0 Å². The Kier molecular flexibility index (Phi) is 5.88. The van der Waals surface area contributed by atoms with Gasteiger partial charge in [-0.2, -0.15) is 0 Å². The normalized spacial score (nSPS) is 16.9. The summed E-state index contributed by atoms with van der Waals surface area (Å²) in [7, 11) is 0. The standard InChI is InChI=1S/C16H22ClNO3/c17-13-5-7-14(8-6-13)18(11-16(20)21)10-15(19)9-12-3-1-2-4-12/h5-8,12,15,19H,1-4,9-11H2,(H,20,21). The molecule has 0 aliphatic heterocycles. The summed E-state index contributed by atoms with van der Waals surface area (Å²) in [6, 6.07) is 7.03. The van der Waals surface area contributed by atoms with Crippen molar-refractivity contribution < 1.29 is 15.0 Å². The van der Waals surface area contributed by atoms with Gasteiger partial charge in [0.25, 0.3) is 0 Å². The molecule has 0 bridgehead atoms. The minimum atomic E-state index is -0.905. The zero-order valence-electron chi connectivity index (χ0n) is 12.0. The number of aliphatic carboxylic acids is 1. The summed E-state index contributed by atoms with van der Waals surface area (Å²) in [5.74, 6) is -0.324. The number of carboxylic acid groups (broad SMARTS) is 1. The summed E-state index contributed by atoms with van der Waals surface area (Å²) in [5, 5.41) is 19.9. The molecule has 0 heterocycles. The third-order valence-corrected chi connectivity index (χ3v) is 4.28. The fraction of sp³-hybridized carbons (Fsp3) is 0.562. The van der Waals surface area contributed by atoms with Crippen LogP contribution in [0.1, 0.15) is 32.1 Å². The van der Waals surface area contributed by atoms with E-state index in [1.807, 2.05) is 0 Å². The predicted molar refractivity (Wildman–Crippen MR) is 83.9 cm³/mol. The number of halogens is 1. The molecule has 2 rings (SSSR count). The van der Waals surface area contributed by atoms with Crippen molar-refractivity contribution in [3.8, 4) is 0 Å². The van der Waals surface area contributed by atoms with Gasteiger partial charge < -0.3 is 15.1 Å². The molecule has 116 valence electrons. The SMILES string of the molecule is O=C(O)CN(CC(O)CC1CCCC1)c1ccc(Cl)cc1. The Hall–Kier alpha value is -1.26. The van der Waals surface area contributed by atoms with Crippen LogP contribution in [-0.4, -0.2) is 35.4 Å². The first-order valence-electron chi connectivity index (χ1n) is 7.45. The lowest BCUT2D eigenvalue weighted by Crippen LogP contribution is -2.37. The summed E-state index contributed by atoms with van der Waals surface area (Å²) < 4.78 is 0. The number of hydrogen-bond donors (Lipinski definition) is 2. The molecular weight excluding hydrogens is 290 g/mol. The van der Waals surface area contributed by atoms with Crippen molar-refractivity contribution in [2.24, 2.45) is 5.92 Å². The maximum atomic E-state index is 11.0. The molecule has 0 spiro atoms. The number of hydrogen-bond acceptors (Lipinski definition) is 3. The van der Waals surface area contributed by atoms with Gasteiger partial charge in [0.2, 0.25) is 0 Å². The molecule has 0 saturated heterocycles. The summed E-state index contributed by atoms with van der Waals surface area (Å²) in [5.41, 5.74) is 0.771. The largest absolute Gasteiger partial charge is 0.480 e. The van der Waals surface area contributed by atoms with E-state index in [0.717, 1.165) is 12.1 Å². The van der Waals surface area contributed by atoms with Gasteiger partial charge in [0.15, 0.2) is 0 Å². The van der Waals surface area contributed by atoms with E-state index < -0.39 is 12.1 Å². The van der Waals surface area contributed by atoms with Gasteiger partial charge in [0, 0.05) is 17.3 Å². The van der Waals surface area contributed by atoms with Crippen molar-refractivity contribution >= 4 is 23.3 Å². The van der Waals surface area contributed by atoms with Crippen molar-refractivity contribution in [2.45, 2.75) is 38.2 Å². The molecular formula is C16H22ClNO3. The third-order valence-electron chi connectivity index (χ3n) is 4.03. The molecule has 1 atom stereocenters. The van der Waals surface area contributed by atoms with E-state index in [4.69, 9.17) is 16.7 Å². The highest BCUT2D eigenvalue weighted by molar-refractivity contribution is 6.30. The summed E-state index contributed by atoms with van der Waals surface area (Å²) in [6.45, 7) is 0.216. The number of rotatable bonds is 7. The molecule has 1 fully saturated rings. The molecule has 21 heavy (non-hydrogen) atoms. The Morgan fingerprint density at radius 3 is 2.48 bits per heavy atom. The van der Waals surface area contributed by atoms with E-state index in [-0.39, 0.29) is 6.54 Å². The van der Waals surface area contributed by atoms with E-state index in [1.54, 1.807) is 29.2 Å². The highest BCUT2D eigenvalue weighted by atomic mass is 35.5. The Morgan fingerprint density at radius 1 is 1.29 bits per heavy atom. The van der Waals surface area contributed by atoms with Crippen LogP contribution >= 0.6 is 11.6 Å². The first-order chi connectivity index (χ1) is 10.0. The number of benzene rings is 1. The highest BCUT2D eigenvalue weighted by Crippen LogP contribution is 2.29. The van der Waals surface area contributed by atoms with Gasteiger partial charge >= 0.3 is 5.97 Å². The second-order valence-electron chi connectivity index (χ2n) is 5.79. The van der Waals surface area contributed by atoms with Crippen molar-refractivity contribution in [2.75, 3.05) is 18.0 Å². The van der Waals surface area contributed by atoms with Crippen LogP contribution in [0.25, 0.3) is 0 Å². The first kappa shape index (κ1) is 16.1. The highest BCUT2D eigenvalue weighted by Gasteiger charge is 2.21. The minimum Gasteiger partial charge on any atom is -0.480 e. The number of nitrogens with zero attached hydrogens (tertiary/aromatic N) is 1. The van der Waals surface area contributed by atoms with Gasteiger partial charge in [-0.1, -0.05) is 37.3 Å². The van der Waals surface area contributed by atoms with Gasteiger partial charge in [0.05, 0.1) is 6.10 Å². The molecule has 0 radical (unpaired) electrons. The van der Waals surface area contributed by atoms with Crippen molar-refractivity contribution in [1.82, 2.24) is 0 Å². The van der Waals surface area contributed by atoms with E-state index in [1.165, 1.54) is 25.7 Å². The lowest BCUT2D eigenvalue weighted by atomic mass is 9.99. The van der Waals surface area contributed by atoms with Crippen LogP contribution in [0.3, 0.4) is 0 Å². The van der Waals surface area contributed by atoms with Gasteiger partial charge in [-0.05, 0) is 36.6 Å². The van der Waals surface area contributed by atoms with Crippen LogP contribution < -0.4 is 4.90 Å². The Morgan fingerprint density at radius 2 is 1.90 bits per heavy atom. The summed E-state index contributed by atoms with van der Waals surface area (Å²) in [6.07, 6.45) is 5.10. The fourth-order valence-electron chi connectivity index (χ4n) is 3.04. The average Bonchev–Trinajstić information content (AvgIpc) is 2.91. The van der Waals surface area contributed by atoms with Gasteiger partial charge in [0.1, 0.15) is 6.54 Å². The maximum Gasteiger partial charge on any atom is 0.323 e. The Bertz CT molecular complexity index is 457. The van der Waals surface area contributed by atoms with Crippen LogP contribution in [0.2, 0.25) is 5.02 Å². The Balaban J connectivity index is 1.98. The van der Waals surface area contributed by atoms with Crippen LogP contribution in [0.15, 0.2) is 24.3 Å². The van der Waals surface area contributed by atoms with Crippen LogP contribution in [0, 0.1) is 5.92 Å². The Labute approximate surface area is 130 Å². The smallest absolute Gasteiger partial charge is 0.323 e. The van der Waals surface area contributed by atoms with Crippen LogP contribution in [0.4, 0.5) is 5.69 Å². The van der Waals surface area contributed by atoms with E-state index in [2.05, 4.69) is 0 Å². The van der Waals surface area contributed by atoms with Crippen molar-refractivity contribution in [3.05, 3.63) is 29.3 Å². The summed E-state index contributed by atoms with van der Waals surface area (Å²) >= 11 is 5.86. The number of aliphatic hydroxyl groups excluding tert-OH is 1. The molecule has 2 N–H and O–H groups in total. The quantitative estimate of drug-likeness (QED) is 0.812. The lowest BCUT2D eigenvalue weighted by molar-refractivity contribution is -0.135. The molecule has 1 aliphatic rings. The number of carboxylic acids is 1. The maximum absolute atomic E-state index is 11.0. The number of anilines is 1. The number of carbonyl (C=O) groups is 1. The summed E-state index contributed by atoms with van der Waals surface area (Å²) in [4.78, 5) is 12.7. The van der Waals surface area contributed by atoms with Crippen LogP contribution in [0.5, 0.6) is 0 Å². The minimum absolute atomic E-state index is 0.122. The predicted octanol–water partition coefficient (Wildman–Crippen LogP) is 3.17. The second kappa shape index (κ2) is 7.66. The average molecular weight is 312 g/mol. The fourth-order valence-corrected chi connectivity index (χ4v) is 3.16. The van der Waals surface area contributed by atoms with E-state index in [9.17, 15) is 9.90 Å². The number of aliphatic hydroxyl groups is 1. The molecule has 1 saturated carbocycles. The monoisotopic (exact) mass is 311 g/mol. The molecule has 5 heteroatoms. The first-order valence-corrected chi connectivity index (χ1v) is 7.83. The zero-order valence-corrected chi connectivity index (χ0v) is 12.8. The van der Waals surface area contributed by atoms with Crippen molar-refractivity contribution in [3.63, 3.8) is 0 Å². The van der Waals surface area contributed by atoms with E-state index >= 15 is 0 Å². The zero-order chi connectivity index (χ0) is 15.2.